The van der Waals surface area contributed by atoms with Crippen LogP contribution in [0.5, 0.6) is 0 Å². The van der Waals surface area contributed by atoms with Gasteiger partial charge in [0.1, 0.15) is 12.1 Å². The van der Waals surface area contributed by atoms with Crippen molar-refractivity contribution in [1.29, 1.82) is 0 Å². The average Bonchev–Trinajstić information content (AvgIpc) is 3.22. The summed E-state index contributed by atoms with van der Waals surface area (Å²) < 4.78 is 5.51. The number of carbonyl (C=O) groups is 1. The van der Waals surface area contributed by atoms with Crippen LogP contribution in [0.3, 0.4) is 0 Å². The SMILES string of the molecule is CN1CCN(c2ncccc2CNC(=O)Cc2coc(-c3ccccc3)n2)CC1. The molecule has 7 heteroatoms. The van der Waals surface area contributed by atoms with Gasteiger partial charge in [-0.3, -0.25) is 4.79 Å². The zero-order chi connectivity index (χ0) is 20.1. The number of hydrogen-bond acceptors (Lipinski definition) is 6. The van der Waals surface area contributed by atoms with E-state index in [2.05, 4.69) is 32.1 Å². The number of nitrogens with zero attached hydrogens (tertiary/aromatic N) is 4. The Morgan fingerprint density at radius 2 is 1.90 bits per heavy atom. The summed E-state index contributed by atoms with van der Waals surface area (Å²) in [5, 5.41) is 2.99. The van der Waals surface area contributed by atoms with Crippen LogP contribution in [0.15, 0.2) is 59.3 Å². The highest BCUT2D eigenvalue weighted by atomic mass is 16.3. The Bertz CT molecular complexity index is 949. The number of rotatable bonds is 6. The maximum atomic E-state index is 12.4. The molecule has 0 spiro atoms. The molecule has 0 bridgehead atoms. The molecule has 1 amide bonds. The van der Waals surface area contributed by atoms with E-state index >= 15 is 0 Å². The molecule has 1 aliphatic heterocycles. The predicted molar refractivity (Wildman–Crippen MR) is 111 cm³/mol. The van der Waals surface area contributed by atoms with Crippen molar-refractivity contribution >= 4 is 11.7 Å². The third-order valence-corrected chi connectivity index (χ3v) is 5.06. The fourth-order valence-electron chi connectivity index (χ4n) is 3.39. The van der Waals surface area contributed by atoms with Crippen molar-refractivity contribution in [3.05, 3.63) is 66.2 Å². The molecule has 3 heterocycles. The van der Waals surface area contributed by atoms with Gasteiger partial charge < -0.3 is 19.5 Å². The molecule has 4 rings (SSSR count). The smallest absolute Gasteiger partial charge is 0.226 e. The first-order valence-electron chi connectivity index (χ1n) is 9.83. The average molecular weight is 391 g/mol. The molecule has 29 heavy (non-hydrogen) atoms. The van der Waals surface area contributed by atoms with Crippen molar-refractivity contribution in [1.82, 2.24) is 20.2 Å². The highest BCUT2D eigenvalue weighted by molar-refractivity contribution is 5.78. The summed E-state index contributed by atoms with van der Waals surface area (Å²) in [7, 11) is 2.13. The van der Waals surface area contributed by atoms with Gasteiger partial charge in [-0.25, -0.2) is 9.97 Å². The van der Waals surface area contributed by atoms with Crippen LogP contribution in [0.4, 0.5) is 5.82 Å². The van der Waals surface area contributed by atoms with Crippen molar-refractivity contribution in [3.63, 3.8) is 0 Å². The molecule has 0 atom stereocenters. The Balaban J connectivity index is 1.35. The van der Waals surface area contributed by atoms with Gasteiger partial charge in [0, 0.05) is 50.0 Å². The molecule has 1 saturated heterocycles. The fraction of sp³-hybridized carbons (Fsp3) is 0.318. The van der Waals surface area contributed by atoms with Crippen LogP contribution in [-0.4, -0.2) is 54.0 Å². The standard InChI is InChI=1S/C22H25N5O2/c1-26-10-12-27(13-11-26)21-18(8-5-9-23-21)15-24-20(28)14-19-16-29-22(25-19)17-6-3-2-4-7-17/h2-9,16H,10-15H2,1H3,(H,24,28). The molecule has 7 nitrogen and oxygen atoms in total. The highest BCUT2D eigenvalue weighted by Gasteiger charge is 2.18. The number of amides is 1. The van der Waals surface area contributed by atoms with Crippen LogP contribution in [-0.2, 0) is 17.8 Å². The van der Waals surface area contributed by atoms with Gasteiger partial charge in [-0.15, -0.1) is 0 Å². The lowest BCUT2D eigenvalue weighted by atomic mass is 10.2. The van der Waals surface area contributed by atoms with Gasteiger partial charge in [0.2, 0.25) is 11.8 Å². The molecule has 1 N–H and O–H groups in total. The molecule has 2 aromatic heterocycles. The van der Waals surface area contributed by atoms with E-state index in [0.717, 1.165) is 43.1 Å². The van der Waals surface area contributed by atoms with Crippen LogP contribution in [0.1, 0.15) is 11.3 Å². The van der Waals surface area contributed by atoms with Crippen molar-refractivity contribution in [2.75, 3.05) is 38.1 Å². The van der Waals surface area contributed by atoms with Crippen molar-refractivity contribution in [2.45, 2.75) is 13.0 Å². The first-order chi connectivity index (χ1) is 14.2. The quantitative estimate of drug-likeness (QED) is 0.695. The zero-order valence-electron chi connectivity index (χ0n) is 16.5. The van der Waals surface area contributed by atoms with E-state index in [1.165, 1.54) is 0 Å². The monoisotopic (exact) mass is 391 g/mol. The van der Waals surface area contributed by atoms with E-state index in [0.29, 0.717) is 18.1 Å². The van der Waals surface area contributed by atoms with E-state index in [9.17, 15) is 4.79 Å². The Morgan fingerprint density at radius 1 is 1.10 bits per heavy atom. The summed E-state index contributed by atoms with van der Waals surface area (Å²) in [5.74, 6) is 1.39. The lowest BCUT2D eigenvalue weighted by molar-refractivity contribution is -0.120. The molecular formula is C22H25N5O2. The van der Waals surface area contributed by atoms with E-state index in [1.807, 2.05) is 42.5 Å². The molecule has 0 unspecified atom stereocenters. The summed E-state index contributed by atoms with van der Waals surface area (Å²) in [6.45, 7) is 4.35. The third kappa shape index (κ3) is 4.81. The Kier molecular flexibility index (Phi) is 5.86. The van der Waals surface area contributed by atoms with Gasteiger partial charge in [-0.05, 0) is 25.2 Å². The number of benzene rings is 1. The maximum absolute atomic E-state index is 12.4. The van der Waals surface area contributed by atoms with Crippen molar-refractivity contribution in [3.8, 4) is 11.5 Å². The second kappa shape index (κ2) is 8.87. The fourth-order valence-corrected chi connectivity index (χ4v) is 3.39. The van der Waals surface area contributed by atoms with Gasteiger partial charge in [-0.1, -0.05) is 24.3 Å². The normalized spacial score (nSPS) is 14.7. The first kappa shape index (κ1) is 19.1. The predicted octanol–water partition coefficient (Wildman–Crippen LogP) is 2.35. The van der Waals surface area contributed by atoms with E-state index < -0.39 is 0 Å². The molecule has 150 valence electrons. The third-order valence-electron chi connectivity index (χ3n) is 5.06. The zero-order valence-corrected chi connectivity index (χ0v) is 16.5. The van der Waals surface area contributed by atoms with Gasteiger partial charge in [0.15, 0.2) is 0 Å². The van der Waals surface area contributed by atoms with Crippen LogP contribution < -0.4 is 10.2 Å². The molecule has 1 fully saturated rings. The Morgan fingerprint density at radius 3 is 2.69 bits per heavy atom. The van der Waals surface area contributed by atoms with Crippen LogP contribution in [0.25, 0.3) is 11.5 Å². The maximum Gasteiger partial charge on any atom is 0.226 e. The van der Waals surface area contributed by atoms with Gasteiger partial charge >= 0.3 is 0 Å². The van der Waals surface area contributed by atoms with Crippen LogP contribution in [0, 0.1) is 0 Å². The Hall–Kier alpha value is -3.19. The lowest BCUT2D eigenvalue weighted by Crippen LogP contribution is -2.45. The number of hydrogen-bond donors (Lipinski definition) is 1. The highest BCUT2D eigenvalue weighted by Crippen LogP contribution is 2.20. The van der Waals surface area contributed by atoms with Gasteiger partial charge in [0.25, 0.3) is 0 Å². The summed E-state index contributed by atoms with van der Waals surface area (Å²) in [5.41, 5.74) is 2.54. The van der Waals surface area contributed by atoms with E-state index in [4.69, 9.17) is 4.42 Å². The second-order valence-corrected chi connectivity index (χ2v) is 7.24. The number of pyridine rings is 1. The number of piperazine rings is 1. The first-order valence-corrected chi connectivity index (χ1v) is 9.83. The number of nitrogens with one attached hydrogen (secondary N) is 1. The number of carbonyl (C=O) groups excluding carboxylic acids is 1. The molecule has 3 aromatic rings. The van der Waals surface area contributed by atoms with E-state index in [1.54, 1.807) is 12.5 Å². The minimum Gasteiger partial charge on any atom is -0.444 e. The minimum absolute atomic E-state index is 0.0916. The van der Waals surface area contributed by atoms with Crippen molar-refractivity contribution in [2.24, 2.45) is 0 Å². The molecule has 1 aromatic carbocycles. The number of aromatic nitrogens is 2. The summed E-state index contributed by atoms with van der Waals surface area (Å²) in [6, 6.07) is 13.6. The summed E-state index contributed by atoms with van der Waals surface area (Å²) in [4.78, 5) is 26.0. The molecule has 0 saturated carbocycles. The number of likely N-dealkylation sites (N-methyl/N-ethyl adjacent to an activating group) is 1. The van der Waals surface area contributed by atoms with Crippen LogP contribution in [0.2, 0.25) is 0 Å². The second-order valence-electron chi connectivity index (χ2n) is 7.24. The summed E-state index contributed by atoms with van der Waals surface area (Å²) in [6.07, 6.45) is 3.53. The summed E-state index contributed by atoms with van der Waals surface area (Å²) >= 11 is 0. The molecule has 0 aliphatic carbocycles. The lowest BCUT2D eigenvalue weighted by Gasteiger charge is -2.34. The number of anilines is 1. The van der Waals surface area contributed by atoms with E-state index in [-0.39, 0.29) is 12.3 Å². The van der Waals surface area contributed by atoms with Crippen molar-refractivity contribution < 1.29 is 9.21 Å². The minimum atomic E-state index is -0.0916. The van der Waals surface area contributed by atoms with Gasteiger partial charge in [0.05, 0.1) is 12.1 Å². The molecular weight excluding hydrogens is 366 g/mol. The number of oxazole rings is 1. The largest absolute Gasteiger partial charge is 0.444 e. The van der Waals surface area contributed by atoms with Crippen LogP contribution >= 0.6 is 0 Å². The van der Waals surface area contributed by atoms with Gasteiger partial charge in [-0.2, -0.15) is 0 Å². The topological polar surface area (TPSA) is 74.5 Å². The molecule has 1 aliphatic rings. The Labute approximate surface area is 170 Å². The molecule has 0 radical (unpaired) electrons.